The summed E-state index contributed by atoms with van der Waals surface area (Å²) in [5, 5.41) is 5.97. The van der Waals surface area contributed by atoms with Gasteiger partial charge < -0.3 is 4.42 Å². The minimum absolute atomic E-state index is 0.153. The van der Waals surface area contributed by atoms with Crippen LogP contribution in [-0.2, 0) is 17.9 Å². The van der Waals surface area contributed by atoms with Gasteiger partial charge in [0.15, 0.2) is 11.8 Å². The van der Waals surface area contributed by atoms with Crippen LogP contribution in [0.5, 0.6) is 0 Å². The van der Waals surface area contributed by atoms with Gasteiger partial charge >= 0.3 is 0 Å². The van der Waals surface area contributed by atoms with E-state index in [0.29, 0.717) is 0 Å². The summed E-state index contributed by atoms with van der Waals surface area (Å²) in [4.78, 5) is 0. The summed E-state index contributed by atoms with van der Waals surface area (Å²) in [6, 6.07) is 9.04. The van der Waals surface area contributed by atoms with E-state index in [-0.39, 0.29) is 10.8 Å². The summed E-state index contributed by atoms with van der Waals surface area (Å²) in [6.07, 6.45) is 4.55. The molecule has 3 heteroatoms. The van der Waals surface area contributed by atoms with Crippen molar-refractivity contribution >= 4 is 33.3 Å². The average Bonchev–Trinajstić information content (AvgIpc) is 3.21. The number of hydrogen-bond acceptors (Lipinski definition) is 2. The zero-order valence-corrected chi connectivity index (χ0v) is 18.5. The van der Waals surface area contributed by atoms with Crippen LogP contribution in [0, 0.1) is 6.92 Å². The van der Waals surface area contributed by atoms with Crippen LogP contribution in [0.1, 0.15) is 57.2 Å². The largest absolute Gasteiger partial charge is 0.455 e. The Hall–Kier alpha value is -2.13. The number of aryl methyl sites for hydroxylation is 2. The predicted octanol–water partition coefficient (Wildman–Crippen LogP) is 6.80. The lowest BCUT2D eigenvalue weighted by Crippen LogP contribution is -2.33. The van der Waals surface area contributed by atoms with Gasteiger partial charge in [0.05, 0.1) is 5.38 Å². The van der Waals surface area contributed by atoms with Crippen LogP contribution in [0.25, 0.3) is 32.5 Å². The second kappa shape index (κ2) is 5.70. The molecule has 0 bridgehead atoms. The van der Waals surface area contributed by atoms with E-state index in [1.807, 2.05) is 0 Å². The Morgan fingerprint density at radius 1 is 1.00 bits per heavy atom. The average molecular weight is 391 g/mol. The van der Waals surface area contributed by atoms with E-state index in [1.54, 1.807) is 11.3 Å². The molecule has 0 atom stereocenters. The van der Waals surface area contributed by atoms with Gasteiger partial charge in [0.25, 0.3) is 5.01 Å². The third-order valence-corrected chi connectivity index (χ3v) is 7.77. The monoisotopic (exact) mass is 390 g/mol. The van der Waals surface area contributed by atoms with Crippen LogP contribution in [0.15, 0.2) is 40.3 Å². The normalized spacial score (nSPS) is 17.9. The van der Waals surface area contributed by atoms with Crippen LogP contribution in [0.3, 0.4) is 0 Å². The van der Waals surface area contributed by atoms with Crippen LogP contribution in [-0.4, -0.2) is 0 Å². The molecule has 2 nitrogen and oxygen atoms in total. The molecule has 2 aromatic heterocycles. The number of aromatic nitrogens is 1. The Morgan fingerprint density at radius 3 is 2.46 bits per heavy atom. The summed E-state index contributed by atoms with van der Waals surface area (Å²) in [6.45, 7) is 11.7. The molecular weight excluding hydrogens is 362 g/mol. The molecule has 0 fully saturated rings. The van der Waals surface area contributed by atoms with Crippen LogP contribution in [0.2, 0.25) is 0 Å². The summed E-state index contributed by atoms with van der Waals surface area (Å²) < 4.78 is 8.76. The molecule has 0 aliphatic heterocycles. The van der Waals surface area contributed by atoms with Gasteiger partial charge in [-0.1, -0.05) is 57.2 Å². The number of thiazole rings is 1. The van der Waals surface area contributed by atoms with Crippen molar-refractivity contribution in [2.45, 2.75) is 58.3 Å². The van der Waals surface area contributed by atoms with E-state index >= 15 is 0 Å². The second-order valence-electron chi connectivity index (χ2n) is 9.68. The fraction of sp³-hybridized carbons (Fsp3) is 0.400. The number of benzene rings is 2. The van der Waals surface area contributed by atoms with Crippen LogP contribution < -0.4 is 4.57 Å². The van der Waals surface area contributed by atoms with Gasteiger partial charge in [-0.05, 0) is 53.4 Å². The smallest absolute Gasteiger partial charge is 0.272 e. The first-order valence-electron chi connectivity index (χ1n) is 10.1. The van der Waals surface area contributed by atoms with Crippen molar-refractivity contribution in [1.82, 2.24) is 0 Å². The lowest BCUT2D eigenvalue weighted by atomic mass is 9.62. The van der Waals surface area contributed by atoms with E-state index in [0.717, 1.165) is 11.2 Å². The van der Waals surface area contributed by atoms with Crippen LogP contribution in [0.4, 0.5) is 0 Å². The number of fused-ring (bicyclic) bond motifs is 5. The first kappa shape index (κ1) is 17.9. The Kier molecular flexibility index (Phi) is 3.65. The molecule has 1 aliphatic carbocycles. The number of hydrogen-bond donors (Lipinski definition) is 0. The Bertz CT molecular complexity index is 1240. The van der Waals surface area contributed by atoms with Crippen LogP contribution >= 0.6 is 11.3 Å². The maximum Gasteiger partial charge on any atom is 0.272 e. The highest BCUT2D eigenvalue weighted by molar-refractivity contribution is 7.12. The number of rotatable bonds is 1. The van der Waals surface area contributed by atoms with E-state index in [1.165, 1.54) is 50.9 Å². The molecule has 28 heavy (non-hydrogen) atoms. The van der Waals surface area contributed by atoms with Crippen molar-refractivity contribution in [2.24, 2.45) is 7.05 Å². The van der Waals surface area contributed by atoms with Crippen molar-refractivity contribution in [1.29, 1.82) is 0 Å². The van der Waals surface area contributed by atoms with E-state index in [2.05, 4.69) is 82.1 Å². The second-order valence-corrected chi connectivity index (χ2v) is 10.6. The zero-order valence-electron chi connectivity index (χ0n) is 17.6. The highest BCUT2D eigenvalue weighted by atomic mass is 32.1. The molecule has 4 aromatic rings. The summed E-state index contributed by atoms with van der Waals surface area (Å²) in [7, 11) is 2.11. The molecule has 2 aromatic carbocycles. The highest BCUT2D eigenvalue weighted by Gasteiger charge is 2.39. The highest BCUT2D eigenvalue weighted by Crippen LogP contribution is 2.51. The molecule has 0 spiro atoms. The summed E-state index contributed by atoms with van der Waals surface area (Å²) in [5.41, 5.74) is 7.88. The molecule has 0 radical (unpaired) electrons. The van der Waals surface area contributed by atoms with Crippen molar-refractivity contribution < 1.29 is 8.98 Å². The Labute approximate surface area is 170 Å². The lowest BCUT2D eigenvalue weighted by Gasteiger charge is -2.42. The fourth-order valence-corrected chi connectivity index (χ4v) is 5.99. The fourth-order valence-electron chi connectivity index (χ4n) is 5.02. The zero-order chi connectivity index (χ0) is 19.8. The standard InChI is InChI=1S/C25H28NOS/c1-15-7-8-16-20-18(27-22(16)19(15)23-26(6)13-14-28-23)10-9-17-21(20)25(4,5)12-11-24(17,2)3/h7-10,13-14H,11-12H2,1-6H3/q+1. The van der Waals surface area contributed by atoms with Crippen molar-refractivity contribution in [2.75, 3.05) is 0 Å². The van der Waals surface area contributed by atoms with Gasteiger partial charge in [-0.25, -0.2) is 0 Å². The molecule has 5 rings (SSSR count). The minimum Gasteiger partial charge on any atom is -0.455 e. The summed E-state index contributed by atoms with van der Waals surface area (Å²) >= 11 is 1.77. The quantitative estimate of drug-likeness (QED) is 0.327. The van der Waals surface area contributed by atoms with Gasteiger partial charge in [-0.3, -0.25) is 0 Å². The maximum atomic E-state index is 6.56. The lowest BCUT2D eigenvalue weighted by molar-refractivity contribution is -0.655. The van der Waals surface area contributed by atoms with E-state index < -0.39 is 0 Å². The summed E-state index contributed by atoms with van der Waals surface area (Å²) in [5.74, 6) is 0. The molecule has 0 amide bonds. The minimum atomic E-state index is 0.153. The third kappa shape index (κ3) is 2.35. The SMILES string of the molecule is Cc1ccc2c(oc3ccc4c(c32)C(C)(C)CCC4(C)C)c1-c1scc[n+]1C. The molecular formula is C25H28NOS+. The first-order chi connectivity index (χ1) is 13.2. The molecule has 1 aliphatic rings. The molecule has 2 heterocycles. The predicted molar refractivity (Wildman–Crippen MR) is 118 cm³/mol. The first-order valence-corrected chi connectivity index (χ1v) is 11.0. The Balaban J connectivity index is 1.95. The topological polar surface area (TPSA) is 17.0 Å². The molecule has 0 N–H and O–H groups in total. The molecule has 0 saturated carbocycles. The van der Waals surface area contributed by atoms with Crippen molar-refractivity contribution in [3.05, 3.63) is 52.5 Å². The van der Waals surface area contributed by atoms with Gasteiger partial charge in [0, 0.05) is 10.8 Å². The van der Waals surface area contributed by atoms with Crippen molar-refractivity contribution in [3.8, 4) is 10.6 Å². The molecule has 0 saturated heterocycles. The van der Waals surface area contributed by atoms with Gasteiger partial charge in [0.2, 0.25) is 0 Å². The Morgan fingerprint density at radius 2 is 1.75 bits per heavy atom. The van der Waals surface area contributed by atoms with Gasteiger partial charge in [-0.15, -0.1) is 0 Å². The number of furan rings is 1. The van der Waals surface area contributed by atoms with E-state index in [4.69, 9.17) is 4.42 Å². The maximum absolute atomic E-state index is 6.56. The van der Waals surface area contributed by atoms with Crippen molar-refractivity contribution in [3.63, 3.8) is 0 Å². The van der Waals surface area contributed by atoms with E-state index in [9.17, 15) is 0 Å². The third-order valence-electron chi connectivity index (χ3n) is 6.79. The molecule has 0 unspecified atom stereocenters. The number of nitrogens with zero attached hydrogens (tertiary/aromatic N) is 1. The molecule has 144 valence electrons. The van der Waals surface area contributed by atoms with Gasteiger partial charge in [-0.2, -0.15) is 4.57 Å². The van der Waals surface area contributed by atoms with Gasteiger partial charge in [0.1, 0.15) is 18.2 Å².